The summed E-state index contributed by atoms with van der Waals surface area (Å²) < 4.78 is 32.0. The van der Waals surface area contributed by atoms with E-state index in [1.54, 1.807) is 37.5 Å². The quantitative estimate of drug-likeness (QED) is 0.480. The minimum Gasteiger partial charge on any atom is -0.496 e. The summed E-state index contributed by atoms with van der Waals surface area (Å²) in [7, 11) is 9.06. The van der Waals surface area contributed by atoms with Gasteiger partial charge in [0.2, 0.25) is 5.75 Å². The van der Waals surface area contributed by atoms with Crippen molar-refractivity contribution in [1.29, 1.82) is 0 Å². The Bertz CT molecular complexity index is 846. The third-order valence-electron chi connectivity index (χ3n) is 4.11. The molecule has 7 heteroatoms. The molecule has 0 aliphatic heterocycles. The van der Waals surface area contributed by atoms with Crippen molar-refractivity contribution in [3.63, 3.8) is 0 Å². The van der Waals surface area contributed by atoms with Gasteiger partial charge in [-0.2, -0.15) is 0 Å². The molecule has 0 saturated carbocycles. The molecule has 0 unspecified atom stereocenters. The fourth-order valence-electron chi connectivity index (χ4n) is 2.75. The second-order valence-corrected chi connectivity index (χ2v) is 5.53. The molecule has 0 heterocycles. The number of allylic oxidation sites excluding steroid dienone is 1. The van der Waals surface area contributed by atoms with E-state index < -0.39 is 0 Å². The van der Waals surface area contributed by atoms with Crippen LogP contribution in [-0.2, 0) is 0 Å². The minimum atomic E-state index is -0.298. The molecule has 7 nitrogen and oxygen atoms in total. The van der Waals surface area contributed by atoms with Gasteiger partial charge >= 0.3 is 0 Å². The topological polar surface area (TPSA) is 72.5 Å². The van der Waals surface area contributed by atoms with Crippen molar-refractivity contribution in [2.75, 3.05) is 42.7 Å². The molecule has 2 rings (SSSR count). The van der Waals surface area contributed by atoms with Gasteiger partial charge in [0, 0.05) is 17.7 Å². The number of hydrogen-bond donors (Lipinski definition) is 0. The van der Waals surface area contributed by atoms with Crippen LogP contribution in [0.3, 0.4) is 0 Å². The number of carbonyl (C=O) groups is 1. The molecular formula is C21H24O7. The zero-order valence-corrected chi connectivity index (χ0v) is 16.8. The summed E-state index contributed by atoms with van der Waals surface area (Å²) in [6.45, 7) is 0. The number of ketones is 1. The first-order valence-electron chi connectivity index (χ1n) is 8.35. The number of benzene rings is 2. The lowest BCUT2D eigenvalue weighted by molar-refractivity contribution is 0.104. The van der Waals surface area contributed by atoms with Crippen LogP contribution in [0.2, 0.25) is 0 Å². The first kappa shape index (κ1) is 21.0. The van der Waals surface area contributed by atoms with Crippen LogP contribution in [0.15, 0.2) is 30.3 Å². The lowest BCUT2D eigenvalue weighted by Crippen LogP contribution is -2.03. The van der Waals surface area contributed by atoms with Crippen molar-refractivity contribution in [2.24, 2.45) is 0 Å². The lowest BCUT2D eigenvalue weighted by atomic mass is 10.1. The molecule has 0 spiro atoms. The molecule has 0 aliphatic rings. The van der Waals surface area contributed by atoms with Gasteiger partial charge in [-0.1, -0.05) is 0 Å². The molecule has 0 aliphatic carbocycles. The maximum Gasteiger partial charge on any atom is 0.203 e. The van der Waals surface area contributed by atoms with Crippen LogP contribution in [0.5, 0.6) is 34.5 Å². The zero-order chi connectivity index (χ0) is 20.7. The Labute approximate surface area is 164 Å². The molecular weight excluding hydrogens is 364 g/mol. The number of hydrogen-bond acceptors (Lipinski definition) is 7. The predicted octanol–water partition coefficient (Wildman–Crippen LogP) is 3.63. The van der Waals surface area contributed by atoms with Crippen LogP contribution in [0.4, 0.5) is 0 Å². The smallest absolute Gasteiger partial charge is 0.203 e. The molecule has 2 aromatic carbocycles. The SMILES string of the molecule is COc1cc(OC)c(C(=O)/C=C/c2ccc(OC)c(OC)c2OC)c(OC)c1. The summed E-state index contributed by atoms with van der Waals surface area (Å²) >= 11 is 0. The number of carbonyl (C=O) groups excluding carboxylic acids is 1. The van der Waals surface area contributed by atoms with E-state index in [9.17, 15) is 4.79 Å². The summed E-state index contributed by atoms with van der Waals surface area (Å²) in [6.07, 6.45) is 3.04. The maximum absolute atomic E-state index is 12.9. The van der Waals surface area contributed by atoms with Crippen LogP contribution in [0.1, 0.15) is 15.9 Å². The third-order valence-corrected chi connectivity index (χ3v) is 4.11. The minimum absolute atomic E-state index is 0.293. The van der Waals surface area contributed by atoms with Crippen LogP contribution in [0, 0.1) is 0 Å². The highest BCUT2D eigenvalue weighted by Gasteiger charge is 2.19. The van der Waals surface area contributed by atoms with Crippen molar-refractivity contribution in [3.05, 3.63) is 41.5 Å². The van der Waals surface area contributed by atoms with Gasteiger partial charge in [0.05, 0.1) is 42.7 Å². The summed E-state index contributed by atoms with van der Waals surface area (Å²) in [6, 6.07) is 6.76. The van der Waals surface area contributed by atoms with Crippen LogP contribution >= 0.6 is 0 Å². The summed E-state index contributed by atoms with van der Waals surface area (Å²) in [5, 5.41) is 0. The van der Waals surface area contributed by atoms with E-state index in [0.717, 1.165) is 0 Å². The fraction of sp³-hybridized carbons (Fsp3) is 0.286. The second-order valence-electron chi connectivity index (χ2n) is 5.53. The van der Waals surface area contributed by atoms with E-state index in [0.29, 0.717) is 45.6 Å². The molecule has 0 bridgehead atoms. The van der Waals surface area contributed by atoms with Gasteiger partial charge in [0.1, 0.15) is 22.8 Å². The Kier molecular flexibility index (Phi) is 7.14. The number of rotatable bonds is 9. The van der Waals surface area contributed by atoms with Crippen molar-refractivity contribution < 1.29 is 33.2 Å². The Morgan fingerprint density at radius 2 is 1.29 bits per heavy atom. The van der Waals surface area contributed by atoms with Crippen LogP contribution in [-0.4, -0.2) is 48.4 Å². The average molecular weight is 388 g/mol. The summed E-state index contributed by atoms with van der Waals surface area (Å²) in [5.41, 5.74) is 0.946. The van der Waals surface area contributed by atoms with E-state index in [4.69, 9.17) is 28.4 Å². The van der Waals surface area contributed by atoms with E-state index in [2.05, 4.69) is 0 Å². The standard InChI is InChI=1S/C21H24O7/c1-23-14-11-17(25-3)19(18(12-14)26-4)15(22)9-7-13-8-10-16(24-2)21(28-6)20(13)27-5/h7-12H,1-6H3/b9-7+. The van der Waals surface area contributed by atoms with Gasteiger partial charge in [0.15, 0.2) is 17.3 Å². The Morgan fingerprint density at radius 3 is 1.75 bits per heavy atom. The molecule has 0 fully saturated rings. The fourth-order valence-corrected chi connectivity index (χ4v) is 2.75. The molecule has 28 heavy (non-hydrogen) atoms. The molecule has 150 valence electrons. The largest absolute Gasteiger partial charge is 0.496 e. The van der Waals surface area contributed by atoms with Gasteiger partial charge < -0.3 is 28.4 Å². The molecule has 0 aromatic heterocycles. The number of ether oxygens (including phenoxy) is 6. The van der Waals surface area contributed by atoms with E-state index in [1.807, 2.05) is 0 Å². The van der Waals surface area contributed by atoms with Gasteiger partial charge in [-0.25, -0.2) is 0 Å². The maximum atomic E-state index is 12.9. The van der Waals surface area contributed by atoms with Crippen molar-refractivity contribution in [1.82, 2.24) is 0 Å². The van der Waals surface area contributed by atoms with E-state index in [-0.39, 0.29) is 5.78 Å². The molecule has 0 saturated heterocycles. The lowest BCUT2D eigenvalue weighted by Gasteiger charge is -2.14. The molecule has 2 aromatic rings. The summed E-state index contributed by atoms with van der Waals surface area (Å²) in [5.74, 6) is 2.36. The normalized spacial score (nSPS) is 10.5. The Balaban J connectivity index is 2.47. The molecule has 0 amide bonds. The second kappa shape index (κ2) is 9.55. The summed E-state index contributed by atoms with van der Waals surface area (Å²) in [4.78, 5) is 12.9. The van der Waals surface area contributed by atoms with Crippen molar-refractivity contribution >= 4 is 11.9 Å². The highest BCUT2D eigenvalue weighted by molar-refractivity contribution is 6.11. The molecule has 0 radical (unpaired) electrons. The Morgan fingerprint density at radius 1 is 0.714 bits per heavy atom. The number of methoxy groups -OCH3 is 6. The first-order chi connectivity index (χ1) is 13.5. The third kappa shape index (κ3) is 4.14. The van der Waals surface area contributed by atoms with Gasteiger partial charge in [-0.15, -0.1) is 0 Å². The van der Waals surface area contributed by atoms with Gasteiger partial charge in [-0.3, -0.25) is 4.79 Å². The predicted molar refractivity (Wildman–Crippen MR) is 106 cm³/mol. The zero-order valence-electron chi connectivity index (χ0n) is 16.8. The molecule has 0 atom stereocenters. The van der Waals surface area contributed by atoms with Crippen LogP contribution in [0.25, 0.3) is 6.08 Å². The van der Waals surface area contributed by atoms with Crippen molar-refractivity contribution in [2.45, 2.75) is 0 Å². The Hall–Kier alpha value is -3.35. The molecule has 0 N–H and O–H groups in total. The van der Waals surface area contributed by atoms with E-state index in [1.165, 1.54) is 41.6 Å². The monoisotopic (exact) mass is 388 g/mol. The van der Waals surface area contributed by atoms with Gasteiger partial charge in [0.25, 0.3) is 0 Å². The highest BCUT2D eigenvalue weighted by Crippen LogP contribution is 2.40. The van der Waals surface area contributed by atoms with Gasteiger partial charge in [-0.05, 0) is 24.3 Å². The first-order valence-corrected chi connectivity index (χ1v) is 8.35. The highest BCUT2D eigenvalue weighted by atomic mass is 16.5. The average Bonchev–Trinajstić information content (AvgIpc) is 2.75. The van der Waals surface area contributed by atoms with Crippen LogP contribution < -0.4 is 28.4 Å². The van der Waals surface area contributed by atoms with E-state index >= 15 is 0 Å². The van der Waals surface area contributed by atoms with Crippen molar-refractivity contribution in [3.8, 4) is 34.5 Å².